The fourth-order valence-electron chi connectivity index (χ4n) is 6.31. The maximum absolute atomic E-state index is 15.5. The number of aromatic nitrogens is 4. The van der Waals surface area contributed by atoms with Gasteiger partial charge in [-0.2, -0.15) is 0 Å². The van der Waals surface area contributed by atoms with Crippen molar-refractivity contribution in [1.82, 2.24) is 24.8 Å². The Hall–Kier alpha value is -4.58. The molecule has 10 nitrogen and oxygen atoms in total. The van der Waals surface area contributed by atoms with Gasteiger partial charge in [-0.1, -0.05) is 0 Å². The van der Waals surface area contributed by atoms with Crippen LogP contribution in [-0.2, 0) is 0 Å². The van der Waals surface area contributed by atoms with Crippen molar-refractivity contribution in [3.8, 4) is 11.1 Å². The molecule has 41 heavy (non-hydrogen) atoms. The Labute approximate surface area is 232 Å². The number of H-pyrrole nitrogens is 1. The molecule has 0 amide bonds. The number of pyridine rings is 3. The van der Waals surface area contributed by atoms with Gasteiger partial charge in [-0.05, 0) is 31.9 Å². The van der Waals surface area contributed by atoms with Gasteiger partial charge in [0.25, 0.3) is 0 Å². The molecule has 2 saturated heterocycles. The minimum absolute atomic E-state index is 0.0433. The summed E-state index contributed by atoms with van der Waals surface area (Å²) in [7, 11) is 1.64. The van der Waals surface area contributed by atoms with E-state index < -0.39 is 23.0 Å². The van der Waals surface area contributed by atoms with Crippen LogP contribution >= 0.6 is 0 Å². The molecule has 12 heteroatoms. The molecular formula is C29H27F2N7O3. The third kappa shape index (κ3) is 3.85. The van der Waals surface area contributed by atoms with Gasteiger partial charge in [-0.3, -0.25) is 4.79 Å². The van der Waals surface area contributed by atoms with Crippen molar-refractivity contribution in [2.45, 2.75) is 25.3 Å². The van der Waals surface area contributed by atoms with Crippen LogP contribution in [0, 0.1) is 11.6 Å². The molecule has 4 N–H and O–H groups in total. The van der Waals surface area contributed by atoms with Crippen molar-refractivity contribution in [3.63, 3.8) is 0 Å². The van der Waals surface area contributed by atoms with Crippen LogP contribution in [0.15, 0.2) is 35.5 Å². The van der Waals surface area contributed by atoms with E-state index in [-0.39, 0.29) is 22.4 Å². The third-order valence-electron chi connectivity index (χ3n) is 8.29. The standard InChI is InChI=1S/C29H27F2N7O3/c1-32-20-9-19(30)23(31)21-22-25(37-6-2-3-7-37)17(12-34-27(22)36-24(20)21)14-8-16-26(39)18(29(40)41)13-38(28(16)35-10-14)15-4-5-33-11-15/h8-10,12-13,15,32-33H,2-7,11H2,1H3,(H,34,36)(H,40,41)/t15-/m0/s1. The summed E-state index contributed by atoms with van der Waals surface area (Å²) in [5.74, 6) is -3.25. The van der Waals surface area contributed by atoms with Crippen LogP contribution in [-0.4, -0.2) is 63.8 Å². The average molecular weight is 560 g/mol. The van der Waals surface area contributed by atoms with Crippen LogP contribution in [0.3, 0.4) is 0 Å². The summed E-state index contributed by atoms with van der Waals surface area (Å²) in [5, 5.41) is 16.7. The van der Waals surface area contributed by atoms with Gasteiger partial charge in [0.15, 0.2) is 11.6 Å². The summed E-state index contributed by atoms with van der Waals surface area (Å²) in [6.07, 6.45) is 7.29. The number of carboxylic acid groups (broad SMARTS) is 1. The van der Waals surface area contributed by atoms with Crippen LogP contribution in [0.25, 0.3) is 44.1 Å². The Balaban J connectivity index is 1.54. The zero-order valence-corrected chi connectivity index (χ0v) is 22.2. The van der Waals surface area contributed by atoms with E-state index >= 15 is 4.39 Å². The summed E-state index contributed by atoms with van der Waals surface area (Å²) in [5.41, 5.74) is 2.45. The first-order valence-electron chi connectivity index (χ1n) is 13.6. The first kappa shape index (κ1) is 25.4. The molecule has 0 spiro atoms. The highest BCUT2D eigenvalue weighted by molar-refractivity contribution is 6.18. The van der Waals surface area contributed by atoms with Gasteiger partial charge in [-0.25, -0.2) is 23.5 Å². The van der Waals surface area contributed by atoms with Crippen molar-refractivity contribution < 1.29 is 18.7 Å². The minimum atomic E-state index is -1.31. The molecule has 0 unspecified atom stereocenters. The molecule has 5 aromatic rings. The smallest absolute Gasteiger partial charge is 0.341 e. The van der Waals surface area contributed by atoms with E-state index in [0.717, 1.165) is 31.9 Å². The molecule has 210 valence electrons. The number of hydrogen-bond donors (Lipinski definition) is 4. The van der Waals surface area contributed by atoms with Gasteiger partial charge in [0.2, 0.25) is 5.43 Å². The van der Waals surface area contributed by atoms with Gasteiger partial charge >= 0.3 is 5.97 Å². The largest absolute Gasteiger partial charge is 0.477 e. The second kappa shape index (κ2) is 9.51. The lowest BCUT2D eigenvalue weighted by Crippen LogP contribution is -2.23. The van der Waals surface area contributed by atoms with E-state index in [2.05, 4.69) is 30.5 Å². The Morgan fingerprint density at radius 1 is 1.15 bits per heavy atom. The van der Waals surface area contributed by atoms with E-state index in [0.29, 0.717) is 64.3 Å². The monoisotopic (exact) mass is 559 g/mol. The molecule has 7 rings (SSSR count). The molecular weight excluding hydrogens is 532 g/mol. The first-order valence-corrected chi connectivity index (χ1v) is 13.6. The molecule has 1 atom stereocenters. The normalized spacial score (nSPS) is 17.3. The van der Waals surface area contributed by atoms with Gasteiger partial charge in [-0.15, -0.1) is 0 Å². The zero-order chi connectivity index (χ0) is 28.4. The van der Waals surface area contributed by atoms with Gasteiger partial charge in [0, 0.05) is 68.5 Å². The second-order valence-electron chi connectivity index (χ2n) is 10.6. The number of aromatic amines is 1. The summed E-state index contributed by atoms with van der Waals surface area (Å²) in [6.45, 7) is 2.83. The topological polar surface area (TPSA) is 128 Å². The van der Waals surface area contributed by atoms with E-state index in [1.807, 2.05) is 0 Å². The number of nitrogens with one attached hydrogen (secondary N) is 3. The fraction of sp³-hybridized carbons (Fsp3) is 0.310. The maximum atomic E-state index is 15.5. The summed E-state index contributed by atoms with van der Waals surface area (Å²) in [6, 6.07) is 2.71. The lowest BCUT2D eigenvalue weighted by atomic mass is 10.0. The molecule has 0 bridgehead atoms. The molecule has 0 saturated carbocycles. The number of carboxylic acids is 1. The number of hydrogen-bond acceptors (Lipinski definition) is 7. The predicted molar refractivity (Wildman–Crippen MR) is 153 cm³/mol. The minimum Gasteiger partial charge on any atom is -0.477 e. The average Bonchev–Trinajstić information content (AvgIpc) is 3.76. The van der Waals surface area contributed by atoms with E-state index in [9.17, 15) is 19.1 Å². The third-order valence-corrected chi connectivity index (χ3v) is 8.29. The van der Waals surface area contributed by atoms with Crippen molar-refractivity contribution in [2.24, 2.45) is 0 Å². The number of anilines is 2. The van der Waals surface area contributed by atoms with Crippen LogP contribution < -0.4 is 21.0 Å². The molecule has 0 radical (unpaired) electrons. The number of rotatable bonds is 5. The van der Waals surface area contributed by atoms with Gasteiger partial charge < -0.3 is 30.2 Å². The summed E-state index contributed by atoms with van der Waals surface area (Å²) >= 11 is 0. The molecule has 6 heterocycles. The van der Waals surface area contributed by atoms with Crippen molar-refractivity contribution in [1.29, 1.82) is 0 Å². The van der Waals surface area contributed by atoms with Crippen molar-refractivity contribution in [2.75, 3.05) is 43.4 Å². The summed E-state index contributed by atoms with van der Waals surface area (Å²) < 4.78 is 32.0. The van der Waals surface area contributed by atoms with Crippen LogP contribution in [0.5, 0.6) is 0 Å². The van der Waals surface area contributed by atoms with Gasteiger partial charge in [0.1, 0.15) is 16.9 Å². The lowest BCUT2D eigenvalue weighted by Gasteiger charge is -2.23. The molecule has 2 fully saturated rings. The lowest BCUT2D eigenvalue weighted by molar-refractivity contribution is 0.0694. The Morgan fingerprint density at radius 2 is 1.95 bits per heavy atom. The predicted octanol–water partition coefficient (Wildman–Crippen LogP) is 4.25. The highest BCUT2D eigenvalue weighted by atomic mass is 19.2. The summed E-state index contributed by atoms with van der Waals surface area (Å²) in [4.78, 5) is 39.9. The van der Waals surface area contributed by atoms with Crippen LogP contribution in [0.1, 0.15) is 35.7 Å². The number of benzene rings is 1. The highest BCUT2D eigenvalue weighted by Crippen LogP contribution is 2.44. The molecule has 4 aromatic heterocycles. The quantitative estimate of drug-likeness (QED) is 0.252. The number of fused-ring (bicyclic) bond motifs is 4. The van der Waals surface area contributed by atoms with Crippen molar-refractivity contribution in [3.05, 3.63) is 58.1 Å². The number of carbonyl (C=O) groups is 1. The second-order valence-corrected chi connectivity index (χ2v) is 10.6. The number of halogens is 2. The molecule has 2 aliphatic rings. The Bertz CT molecular complexity index is 1940. The van der Waals surface area contributed by atoms with E-state index in [1.165, 1.54) is 6.20 Å². The molecule has 1 aromatic carbocycles. The number of nitrogens with zero attached hydrogens (tertiary/aromatic N) is 4. The zero-order valence-electron chi connectivity index (χ0n) is 22.2. The Morgan fingerprint density at radius 3 is 2.66 bits per heavy atom. The van der Waals surface area contributed by atoms with Crippen LogP contribution in [0.2, 0.25) is 0 Å². The molecule has 2 aliphatic heterocycles. The van der Waals surface area contributed by atoms with E-state index in [4.69, 9.17) is 0 Å². The SMILES string of the molecule is CNc1cc(F)c(F)c2c1[nH]c1ncc(-c3cnc4c(c3)c(=O)c(C(=O)O)cn4[C@H]3CCNC3)c(N3CCCC3)c12. The highest BCUT2D eigenvalue weighted by Gasteiger charge is 2.28. The van der Waals surface area contributed by atoms with Crippen molar-refractivity contribution >= 4 is 50.3 Å². The first-order chi connectivity index (χ1) is 19.9. The molecule has 0 aliphatic carbocycles. The fourth-order valence-corrected chi connectivity index (χ4v) is 6.31. The van der Waals surface area contributed by atoms with Gasteiger partial charge in [0.05, 0.1) is 33.1 Å². The maximum Gasteiger partial charge on any atom is 0.341 e. The van der Waals surface area contributed by atoms with E-state index in [1.54, 1.807) is 30.1 Å². The Kier molecular flexibility index (Phi) is 5.89. The number of aromatic carboxylic acids is 1. The van der Waals surface area contributed by atoms with Crippen LogP contribution in [0.4, 0.5) is 20.2 Å².